The van der Waals surface area contributed by atoms with Crippen LogP contribution in [0.5, 0.6) is 0 Å². The summed E-state index contributed by atoms with van der Waals surface area (Å²) in [6, 6.07) is 16.8. The van der Waals surface area contributed by atoms with Crippen LogP contribution in [0, 0.1) is 13.8 Å². The molecule has 0 saturated heterocycles. The third-order valence-electron chi connectivity index (χ3n) is 3.52. The maximum atomic E-state index is 6.53. The topological polar surface area (TPSA) is 3.24 Å². The number of likely N-dealkylation sites (N-methyl/N-ethyl adjacent to an activating group) is 1. The van der Waals surface area contributed by atoms with Gasteiger partial charge in [0.05, 0.1) is 5.38 Å². The summed E-state index contributed by atoms with van der Waals surface area (Å²) in [4.78, 5) is 2.19. The van der Waals surface area contributed by atoms with E-state index in [2.05, 4.69) is 56.1 Å². The number of hydrogen-bond donors (Lipinski definition) is 0. The fourth-order valence-electron chi connectivity index (χ4n) is 2.09. The maximum Gasteiger partial charge on any atom is 0.0760 e. The average Bonchev–Trinajstić information content (AvgIpc) is 2.42. The lowest BCUT2D eigenvalue weighted by Gasteiger charge is -2.23. The predicted molar refractivity (Wildman–Crippen MR) is 84.2 cm³/mol. The standard InChI is InChI=1S/C17H20ClN/c1-13-9-10-15(11-14(13)2)17(18)12-19(3)16-7-5-4-6-8-16/h4-11,17H,12H2,1-3H3. The third-order valence-corrected chi connectivity index (χ3v) is 3.91. The molecule has 1 unspecified atom stereocenters. The Bertz CT molecular complexity index is 536. The van der Waals surface area contributed by atoms with Gasteiger partial charge in [0.25, 0.3) is 0 Å². The molecule has 100 valence electrons. The summed E-state index contributed by atoms with van der Waals surface area (Å²) in [7, 11) is 2.08. The average molecular weight is 274 g/mol. The van der Waals surface area contributed by atoms with Crippen molar-refractivity contribution in [3.63, 3.8) is 0 Å². The number of nitrogens with zero attached hydrogens (tertiary/aromatic N) is 1. The van der Waals surface area contributed by atoms with Gasteiger partial charge in [-0.3, -0.25) is 0 Å². The van der Waals surface area contributed by atoms with Crippen LogP contribution < -0.4 is 4.90 Å². The highest BCUT2D eigenvalue weighted by Crippen LogP contribution is 2.25. The highest BCUT2D eigenvalue weighted by molar-refractivity contribution is 6.21. The zero-order chi connectivity index (χ0) is 13.8. The van der Waals surface area contributed by atoms with Gasteiger partial charge in [0.2, 0.25) is 0 Å². The molecule has 1 nitrogen and oxygen atoms in total. The van der Waals surface area contributed by atoms with Gasteiger partial charge in [-0.2, -0.15) is 0 Å². The summed E-state index contributed by atoms with van der Waals surface area (Å²) in [5.41, 5.74) is 4.99. The minimum atomic E-state index is 0.00417. The van der Waals surface area contributed by atoms with Crippen molar-refractivity contribution in [1.82, 2.24) is 0 Å². The second-order valence-corrected chi connectivity index (χ2v) is 5.55. The molecule has 2 rings (SSSR count). The van der Waals surface area contributed by atoms with Gasteiger partial charge in [-0.25, -0.2) is 0 Å². The second-order valence-electron chi connectivity index (χ2n) is 5.03. The Morgan fingerprint density at radius 3 is 2.32 bits per heavy atom. The molecule has 0 fully saturated rings. The first-order chi connectivity index (χ1) is 9.08. The molecule has 0 bridgehead atoms. The molecular weight excluding hydrogens is 254 g/mol. The Morgan fingerprint density at radius 1 is 1.00 bits per heavy atom. The van der Waals surface area contributed by atoms with Crippen molar-refractivity contribution in [2.75, 3.05) is 18.5 Å². The summed E-state index contributed by atoms with van der Waals surface area (Å²) >= 11 is 6.53. The SMILES string of the molecule is Cc1ccc(C(Cl)CN(C)c2ccccc2)cc1C. The molecule has 0 spiro atoms. The first-order valence-corrected chi connectivity index (χ1v) is 6.99. The smallest absolute Gasteiger partial charge is 0.0760 e. The monoisotopic (exact) mass is 273 g/mol. The van der Waals surface area contributed by atoms with Gasteiger partial charge in [-0.15, -0.1) is 11.6 Å². The Labute approximate surface area is 120 Å². The molecule has 0 aliphatic rings. The Balaban J connectivity index is 2.08. The highest BCUT2D eigenvalue weighted by Gasteiger charge is 2.12. The fourth-order valence-corrected chi connectivity index (χ4v) is 2.44. The lowest BCUT2D eigenvalue weighted by atomic mass is 10.0. The molecule has 0 saturated carbocycles. The molecule has 0 N–H and O–H groups in total. The number of halogens is 1. The lowest BCUT2D eigenvalue weighted by Crippen LogP contribution is -2.21. The number of hydrogen-bond acceptors (Lipinski definition) is 1. The van der Waals surface area contributed by atoms with E-state index in [1.807, 2.05) is 18.2 Å². The summed E-state index contributed by atoms with van der Waals surface area (Å²) in [5.74, 6) is 0. The summed E-state index contributed by atoms with van der Waals surface area (Å²) in [6.45, 7) is 5.05. The molecule has 0 amide bonds. The lowest BCUT2D eigenvalue weighted by molar-refractivity contribution is 0.849. The van der Waals surface area contributed by atoms with E-state index >= 15 is 0 Å². The van der Waals surface area contributed by atoms with Gasteiger partial charge in [0.1, 0.15) is 0 Å². The Kier molecular flexibility index (Phi) is 4.49. The maximum absolute atomic E-state index is 6.53. The van der Waals surface area contributed by atoms with E-state index in [1.165, 1.54) is 22.4 Å². The van der Waals surface area contributed by atoms with E-state index in [-0.39, 0.29) is 5.38 Å². The zero-order valence-electron chi connectivity index (χ0n) is 11.7. The molecule has 2 aromatic rings. The van der Waals surface area contributed by atoms with Crippen molar-refractivity contribution in [1.29, 1.82) is 0 Å². The van der Waals surface area contributed by atoms with Crippen molar-refractivity contribution in [2.24, 2.45) is 0 Å². The summed E-state index contributed by atoms with van der Waals surface area (Å²) in [6.07, 6.45) is 0. The first kappa shape index (κ1) is 14.0. The van der Waals surface area contributed by atoms with E-state index in [0.717, 1.165) is 6.54 Å². The highest BCUT2D eigenvalue weighted by atomic mass is 35.5. The van der Waals surface area contributed by atoms with Crippen LogP contribution in [0.25, 0.3) is 0 Å². The van der Waals surface area contributed by atoms with Crippen LogP contribution in [-0.4, -0.2) is 13.6 Å². The van der Waals surface area contributed by atoms with Gasteiger partial charge in [0, 0.05) is 19.3 Å². The predicted octanol–water partition coefficient (Wildman–Crippen LogP) is 4.72. The van der Waals surface area contributed by atoms with Crippen LogP contribution in [-0.2, 0) is 0 Å². The number of para-hydroxylation sites is 1. The number of anilines is 1. The molecule has 2 heteroatoms. The molecule has 0 radical (unpaired) electrons. The van der Waals surface area contributed by atoms with Gasteiger partial charge in [-0.1, -0.05) is 36.4 Å². The molecule has 0 heterocycles. The number of rotatable bonds is 4. The molecule has 19 heavy (non-hydrogen) atoms. The Hall–Kier alpha value is -1.47. The van der Waals surface area contributed by atoms with Crippen LogP contribution in [0.1, 0.15) is 22.1 Å². The molecular formula is C17H20ClN. The molecule has 0 aromatic heterocycles. The van der Waals surface area contributed by atoms with Gasteiger partial charge >= 0.3 is 0 Å². The van der Waals surface area contributed by atoms with Crippen LogP contribution in [0.2, 0.25) is 0 Å². The fraction of sp³-hybridized carbons (Fsp3) is 0.294. The van der Waals surface area contributed by atoms with E-state index in [1.54, 1.807) is 0 Å². The van der Waals surface area contributed by atoms with E-state index in [0.29, 0.717) is 0 Å². The largest absolute Gasteiger partial charge is 0.373 e. The molecule has 2 aromatic carbocycles. The van der Waals surface area contributed by atoms with E-state index in [4.69, 9.17) is 11.6 Å². The van der Waals surface area contributed by atoms with Crippen LogP contribution in [0.15, 0.2) is 48.5 Å². The number of benzene rings is 2. The van der Waals surface area contributed by atoms with Crippen molar-refractivity contribution in [2.45, 2.75) is 19.2 Å². The van der Waals surface area contributed by atoms with Crippen molar-refractivity contribution >= 4 is 17.3 Å². The normalized spacial score (nSPS) is 12.2. The minimum Gasteiger partial charge on any atom is -0.373 e. The quantitative estimate of drug-likeness (QED) is 0.729. The summed E-state index contributed by atoms with van der Waals surface area (Å²) < 4.78 is 0. The van der Waals surface area contributed by atoms with Crippen LogP contribution >= 0.6 is 11.6 Å². The zero-order valence-corrected chi connectivity index (χ0v) is 12.5. The van der Waals surface area contributed by atoms with Crippen molar-refractivity contribution in [3.05, 3.63) is 65.2 Å². The van der Waals surface area contributed by atoms with E-state index < -0.39 is 0 Å². The minimum absolute atomic E-state index is 0.00417. The van der Waals surface area contributed by atoms with Crippen molar-refractivity contribution in [3.8, 4) is 0 Å². The van der Waals surface area contributed by atoms with Gasteiger partial charge < -0.3 is 4.90 Å². The molecule has 0 aliphatic heterocycles. The number of aryl methyl sites for hydroxylation is 2. The summed E-state index contributed by atoms with van der Waals surface area (Å²) in [5, 5.41) is 0.00417. The van der Waals surface area contributed by atoms with E-state index in [9.17, 15) is 0 Å². The van der Waals surface area contributed by atoms with Crippen molar-refractivity contribution < 1.29 is 0 Å². The second kappa shape index (κ2) is 6.12. The number of alkyl halides is 1. The van der Waals surface area contributed by atoms with Crippen LogP contribution in [0.4, 0.5) is 5.69 Å². The van der Waals surface area contributed by atoms with Gasteiger partial charge in [0.15, 0.2) is 0 Å². The Morgan fingerprint density at radius 2 is 1.68 bits per heavy atom. The van der Waals surface area contributed by atoms with Crippen LogP contribution in [0.3, 0.4) is 0 Å². The molecule has 1 atom stereocenters. The third kappa shape index (κ3) is 3.51. The van der Waals surface area contributed by atoms with Gasteiger partial charge in [-0.05, 0) is 42.7 Å². The molecule has 0 aliphatic carbocycles. The first-order valence-electron chi connectivity index (χ1n) is 6.55.